The highest BCUT2D eigenvalue weighted by atomic mass is 32.2. The second-order valence-electron chi connectivity index (χ2n) is 5.92. The van der Waals surface area contributed by atoms with Crippen molar-refractivity contribution in [3.8, 4) is 0 Å². The molecule has 0 bridgehead atoms. The van der Waals surface area contributed by atoms with Crippen molar-refractivity contribution in [3.63, 3.8) is 0 Å². The number of hydrogen-bond acceptors (Lipinski definition) is 4. The molecule has 0 aliphatic heterocycles. The van der Waals surface area contributed by atoms with Crippen LogP contribution >= 0.6 is 11.3 Å². The number of rotatable bonds is 9. The van der Waals surface area contributed by atoms with Gasteiger partial charge in [0.15, 0.2) is 0 Å². The fourth-order valence-electron chi connectivity index (χ4n) is 1.90. The molecule has 2 N–H and O–H groups in total. The van der Waals surface area contributed by atoms with Crippen molar-refractivity contribution in [2.75, 3.05) is 13.1 Å². The van der Waals surface area contributed by atoms with E-state index in [1.165, 1.54) is 11.3 Å². The van der Waals surface area contributed by atoms with Gasteiger partial charge in [-0.3, -0.25) is 0 Å². The minimum atomic E-state index is -3.42. The summed E-state index contributed by atoms with van der Waals surface area (Å²) in [5, 5.41) is 5.20. The molecule has 1 atom stereocenters. The van der Waals surface area contributed by atoms with E-state index >= 15 is 0 Å². The van der Waals surface area contributed by atoms with Gasteiger partial charge < -0.3 is 5.32 Å². The van der Waals surface area contributed by atoms with E-state index < -0.39 is 10.0 Å². The lowest BCUT2D eigenvalue weighted by atomic mass is 9.99. The van der Waals surface area contributed by atoms with Gasteiger partial charge in [0.1, 0.15) is 4.90 Å². The Bertz CT molecular complexity index is 536. The van der Waals surface area contributed by atoms with E-state index in [4.69, 9.17) is 0 Å². The van der Waals surface area contributed by atoms with Crippen molar-refractivity contribution in [2.24, 2.45) is 11.8 Å². The highest BCUT2D eigenvalue weighted by molar-refractivity contribution is 7.89. The molecule has 4 nitrogen and oxygen atoms in total. The van der Waals surface area contributed by atoms with Gasteiger partial charge in [-0.05, 0) is 42.7 Å². The van der Waals surface area contributed by atoms with Crippen molar-refractivity contribution in [3.05, 3.63) is 15.8 Å². The first-order valence-corrected chi connectivity index (χ1v) is 9.93. The summed E-state index contributed by atoms with van der Waals surface area (Å²) < 4.78 is 27.9. The van der Waals surface area contributed by atoms with Gasteiger partial charge in [-0.15, -0.1) is 11.3 Å². The van der Waals surface area contributed by atoms with Crippen LogP contribution in [-0.2, 0) is 16.6 Å². The van der Waals surface area contributed by atoms with Crippen LogP contribution in [0, 0.1) is 18.8 Å². The molecule has 0 saturated heterocycles. The van der Waals surface area contributed by atoms with Crippen LogP contribution in [-0.4, -0.2) is 21.5 Å². The second kappa shape index (κ2) is 8.27. The third-order valence-electron chi connectivity index (χ3n) is 3.70. The van der Waals surface area contributed by atoms with Gasteiger partial charge in [0, 0.05) is 18.0 Å². The normalized spacial score (nSPS) is 13.8. The van der Waals surface area contributed by atoms with Crippen LogP contribution in [0.4, 0.5) is 0 Å². The summed E-state index contributed by atoms with van der Waals surface area (Å²) in [5.74, 6) is 0.780. The van der Waals surface area contributed by atoms with Crippen LogP contribution in [0.3, 0.4) is 0 Å². The van der Waals surface area contributed by atoms with E-state index in [-0.39, 0.29) is 0 Å². The van der Waals surface area contributed by atoms with E-state index in [1.54, 1.807) is 0 Å². The van der Waals surface area contributed by atoms with Crippen LogP contribution in [0.5, 0.6) is 0 Å². The third kappa shape index (κ3) is 5.36. The molecule has 0 aliphatic rings. The van der Waals surface area contributed by atoms with Gasteiger partial charge in [0.25, 0.3) is 0 Å². The summed E-state index contributed by atoms with van der Waals surface area (Å²) >= 11 is 1.51. The Labute approximate surface area is 133 Å². The Balaban J connectivity index is 2.84. The zero-order valence-electron chi connectivity index (χ0n) is 13.7. The fraction of sp³-hybridized carbons (Fsp3) is 0.733. The molecule has 1 heterocycles. The molecule has 0 radical (unpaired) electrons. The number of aryl methyl sites for hydroxylation is 1. The summed E-state index contributed by atoms with van der Waals surface area (Å²) in [6.45, 7) is 12.2. The lowest BCUT2D eigenvalue weighted by molar-refractivity contribution is 0.414. The fourth-order valence-corrected chi connectivity index (χ4v) is 4.82. The van der Waals surface area contributed by atoms with Crippen LogP contribution in [0.15, 0.2) is 10.3 Å². The summed E-state index contributed by atoms with van der Waals surface area (Å²) in [6.07, 6.45) is 1.04. The average Bonchev–Trinajstić information content (AvgIpc) is 2.78. The number of hydrogen-bond donors (Lipinski definition) is 2. The summed E-state index contributed by atoms with van der Waals surface area (Å²) in [6, 6.07) is 0. The highest BCUT2D eigenvalue weighted by Crippen LogP contribution is 2.27. The Morgan fingerprint density at radius 1 is 1.29 bits per heavy atom. The van der Waals surface area contributed by atoms with Crippen LogP contribution < -0.4 is 10.0 Å². The van der Waals surface area contributed by atoms with Gasteiger partial charge >= 0.3 is 0 Å². The Morgan fingerprint density at radius 2 is 1.95 bits per heavy atom. The Morgan fingerprint density at radius 3 is 2.52 bits per heavy atom. The molecular formula is C15H28N2O2S2. The lowest BCUT2D eigenvalue weighted by Crippen LogP contribution is -2.31. The summed E-state index contributed by atoms with van der Waals surface area (Å²) in [5.41, 5.74) is 0.831. The maximum Gasteiger partial charge on any atom is 0.241 e. The third-order valence-corrected chi connectivity index (χ3v) is 6.59. The first kappa shape index (κ1) is 18.6. The smallest absolute Gasteiger partial charge is 0.241 e. The first-order chi connectivity index (χ1) is 9.79. The molecule has 1 aromatic rings. The summed E-state index contributed by atoms with van der Waals surface area (Å²) in [7, 11) is -3.42. The minimum Gasteiger partial charge on any atom is -0.312 e. The molecule has 1 aromatic heterocycles. The van der Waals surface area contributed by atoms with E-state index in [1.807, 2.05) is 12.3 Å². The summed E-state index contributed by atoms with van der Waals surface area (Å²) in [4.78, 5) is 1.36. The van der Waals surface area contributed by atoms with E-state index in [9.17, 15) is 8.42 Å². The van der Waals surface area contributed by atoms with Crippen molar-refractivity contribution < 1.29 is 8.42 Å². The van der Waals surface area contributed by atoms with Crippen LogP contribution in [0.25, 0.3) is 0 Å². The van der Waals surface area contributed by atoms with Crippen molar-refractivity contribution >= 4 is 21.4 Å². The van der Waals surface area contributed by atoms with Gasteiger partial charge in [0.05, 0.1) is 0 Å². The molecule has 21 heavy (non-hydrogen) atoms. The van der Waals surface area contributed by atoms with E-state index in [0.29, 0.717) is 29.8 Å². The van der Waals surface area contributed by atoms with Crippen LogP contribution in [0.2, 0.25) is 0 Å². The Hall–Kier alpha value is -0.430. The predicted octanol–water partition coefficient (Wildman–Crippen LogP) is 3.13. The zero-order valence-corrected chi connectivity index (χ0v) is 15.3. The topological polar surface area (TPSA) is 58.2 Å². The number of nitrogens with one attached hydrogen (secondary N) is 2. The SMILES string of the molecule is CCCNCc1scc(C)c1S(=O)(=O)NCC(C)C(C)C. The minimum absolute atomic E-state index is 0.320. The highest BCUT2D eigenvalue weighted by Gasteiger charge is 2.23. The maximum atomic E-state index is 12.6. The average molecular weight is 333 g/mol. The maximum absolute atomic E-state index is 12.6. The van der Waals surface area contributed by atoms with Gasteiger partial charge in [-0.2, -0.15) is 0 Å². The van der Waals surface area contributed by atoms with E-state index in [0.717, 1.165) is 23.4 Å². The zero-order chi connectivity index (χ0) is 16.0. The molecule has 122 valence electrons. The van der Waals surface area contributed by atoms with Gasteiger partial charge in [-0.1, -0.05) is 27.7 Å². The largest absolute Gasteiger partial charge is 0.312 e. The molecule has 0 spiro atoms. The predicted molar refractivity (Wildman–Crippen MR) is 90.2 cm³/mol. The molecule has 0 aromatic carbocycles. The molecule has 0 saturated carbocycles. The lowest BCUT2D eigenvalue weighted by Gasteiger charge is -2.17. The van der Waals surface area contributed by atoms with Crippen molar-refractivity contribution in [2.45, 2.75) is 52.5 Å². The van der Waals surface area contributed by atoms with Crippen LogP contribution in [0.1, 0.15) is 44.6 Å². The molecule has 1 unspecified atom stereocenters. The molecule has 0 amide bonds. The van der Waals surface area contributed by atoms with Gasteiger partial charge in [0.2, 0.25) is 10.0 Å². The Kier molecular flexibility index (Phi) is 7.33. The quantitative estimate of drug-likeness (QED) is 0.683. The van der Waals surface area contributed by atoms with E-state index in [2.05, 4.69) is 37.7 Å². The molecular weight excluding hydrogens is 304 g/mol. The molecule has 0 fully saturated rings. The molecule has 6 heteroatoms. The number of sulfonamides is 1. The second-order valence-corrected chi connectivity index (χ2v) is 8.59. The van der Waals surface area contributed by atoms with Gasteiger partial charge in [-0.25, -0.2) is 13.1 Å². The number of thiophene rings is 1. The van der Waals surface area contributed by atoms with Crippen molar-refractivity contribution in [1.82, 2.24) is 10.0 Å². The van der Waals surface area contributed by atoms with Crippen molar-refractivity contribution in [1.29, 1.82) is 0 Å². The first-order valence-electron chi connectivity index (χ1n) is 7.57. The molecule has 0 aliphatic carbocycles. The standard InChI is InChI=1S/C15H28N2O2S2/c1-6-7-16-9-14-15(13(5)10-20-14)21(18,19)17-8-12(4)11(2)3/h10-12,16-17H,6-9H2,1-5H3. The molecule has 1 rings (SSSR count). The monoisotopic (exact) mass is 332 g/mol.